The first-order valence-corrected chi connectivity index (χ1v) is 13.4. The molecule has 0 bridgehead atoms. The molecule has 0 N–H and O–H groups in total. The van der Waals surface area contributed by atoms with Crippen molar-refractivity contribution in [3.05, 3.63) is 64.2 Å². The Morgan fingerprint density at radius 1 is 1.03 bits per heavy atom. The number of aryl methyl sites for hydroxylation is 1. The molecule has 0 spiro atoms. The van der Waals surface area contributed by atoms with Crippen LogP contribution in [0.3, 0.4) is 0 Å². The van der Waals surface area contributed by atoms with Crippen molar-refractivity contribution in [2.24, 2.45) is 15.0 Å². The van der Waals surface area contributed by atoms with Crippen LogP contribution < -0.4 is 0 Å². The van der Waals surface area contributed by atoms with E-state index in [1.807, 2.05) is 24.4 Å². The first kappa shape index (κ1) is 25.7. The average Bonchev–Trinajstić information content (AvgIpc) is 3.34. The number of aliphatic imine (C=N–C) groups is 3. The van der Waals surface area contributed by atoms with E-state index < -0.39 is 0 Å². The fraction of sp³-hybridized carbons (Fsp3) is 0.464. The number of halogens is 2. The van der Waals surface area contributed by atoms with Crippen LogP contribution in [-0.4, -0.2) is 84.7 Å². The predicted octanol–water partition coefficient (Wildman–Crippen LogP) is 4.80. The molecule has 1 aromatic carbocycles. The predicted molar refractivity (Wildman–Crippen MR) is 148 cm³/mol. The number of rotatable bonds is 2. The zero-order valence-electron chi connectivity index (χ0n) is 21.5. The summed E-state index contributed by atoms with van der Waals surface area (Å²) in [4.78, 5) is 21.6. The number of morpholine rings is 1. The van der Waals surface area contributed by atoms with Crippen LogP contribution in [0, 0.1) is 12.7 Å². The van der Waals surface area contributed by atoms with Crippen molar-refractivity contribution in [1.29, 1.82) is 0 Å². The van der Waals surface area contributed by atoms with E-state index in [0.717, 1.165) is 67.1 Å². The highest BCUT2D eigenvalue weighted by Gasteiger charge is 2.27. The van der Waals surface area contributed by atoms with Crippen molar-refractivity contribution < 1.29 is 9.13 Å². The molecule has 1 unspecified atom stereocenters. The van der Waals surface area contributed by atoms with E-state index in [-0.39, 0.29) is 5.82 Å². The van der Waals surface area contributed by atoms with Crippen molar-refractivity contribution in [2.45, 2.75) is 39.2 Å². The maximum Gasteiger partial charge on any atom is 0.227 e. The van der Waals surface area contributed by atoms with E-state index in [1.165, 1.54) is 6.07 Å². The van der Waals surface area contributed by atoms with Gasteiger partial charge >= 0.3 is 0 Å². The lowest BCUT2D eigenvalue weighted by Crippen LogP contribution is -2.43. The molecule has 5 rings (SSSR count). The number of hydrogen-bond donors (Lipinski definition) is 0. The Morgan fingerprint density at radius 2 is 1.86 bits per heavy atom. The lowest BCUT2D eigenvalue weighted by atomic mass is 10.1. The van der Waals surface area contributed by atoms with Gasteiger partial charge in [-0.3, -0.25) is 0 Å². The number of benzene rings is 1. The molecule has 4 aliphatic rings. The maximum absolute atomic E-state index is 14.0. The van der Waals surface area contributed by atoms with Gasteiger partial charge in [-0.1, -0.05) is 23.8 Å². The molecule has 9 heteroatoms. The Labute approximate surface area is 223 Å². The normalized spacial score (nSPS) is 23.3. The summed E-state index contributed by atoms with van der Waals surface area (Å²) >= 11 is 6.59. The van der Waals surface area contributed by atoms with Crippen LogP contribution in [-0.2, 0) is 4.74 Å². The van der Waals surface area contributed by atoms with E-state index in [2.05, 4.69) is 32.7 Å². The molecular weight excluding hydrogens is 491 g/mol. The number of amidine groups is 1. The van der Waals surface area contributed by atoms with Crippen LogP contribution in [0.15, 0.2) is 62.3 Å². The van der Waals surface area contributed by atoms with Crippen molar-refractivity contribution in [2.75, 3.05) is 45.9 Å². The van der Waals surface area contributed by atoms with Gasteiger partial charge in [0.05, 0.1) is 23.9 Å². The number of ether oxygens (including phenoxy) is 1. The molecule has 2 saturated heterocycles. The summed E-state index contributed by atoms with van der Waals surface area (Å²) in [5, 5.41) is 0.779. The average molecular weight is 525 g/mol. The topological polar surface area (TPSA) is 56.0 Å². The third-order valence-electron chi connectivity index (χ3n) is 7.22. The smallest absolute Gasteiger partial charge is 0.227 e. The van der Waals surface area contributed by atoms with Crippen molar-refractivity contribution in [3.8, 4) is 0 Å². The first-order valence-electron chi connectivity index (χ1n) is 13.0. The Hall–Kier alpha value is -2.97. The molecule has 0 amide bonds. The van der Waals surface area contributed by atoms with Gasteiger partial charge in [-0.25, -0.2) is 14.4 Å². The molecule has 0 radical (unpaired) electrons. The molecule has 0 aromatic heterocycles. The Morgan fingerprint density at radius 3 is 2.68 bits per heavy atom. The molecule has 4 aliphatic heterocycles. The maximum atomic E-state index is 14.0. The molecule has 4 heterocycles. The Kier molecular flexibility index (Phi) is 8.05. The summed E-state index contributed by atoms with van der Waals surface area (Å²) in [5.41, 5.74) is 2.33. The highest BCUT2D eigenvalue weighted by molar-refractivity contribution is 6.30. The van der Waals surface area contributed by atoms with Crippen molar-refractivity contribution >= 4 is 35.3 Å². The molecule has 7 nitrogen and oxygen atoms in total. The molecule has 196 valence electrons. The minimum atomic E-state index is -0.209. The summed E-state index contributed by atoms with van der Waals surface area (Å²) in [7, 11) is 0. The molecular formula is C28H34ClFN6O. The lowest BCUT2D eigenvalue weighted by molar-refractivity contribution is 0.0676. The van der Waals surface area contributed by atoms with Gasteiger partial charge in [0.2, 0.25) is 5.96 Å². The number of hydrogen-bond acceptors (Lipinski definition) is 7. The minimum absolute atomic E-state index is 0.209. The number of nitrogens with zero attached hydrogens (tertiary/aromatic N) is 6. The third-order valence-corrected chi connectivity index (χ3v) is 7.55. The minimum Gasteiger partial charge on any atom is -0.378 e. The summed E-state index contributed by atoms with van der Waals surface area (Å²) in [6.45, 7) is 9.33. The molecule has 0 saturated carbocycles. The van der Waals surface area contributed by atoms with Gasteiger partial charge in [0, 0.05) is 63.4 Å². The quantitative estimate of drug-likeness (QED) is 0.557. The van der Waals surface area contributed by atoms with Gasteiger partial charge in [-0.05, 0) is 50.1 Å². The zero-order valence-corrected chi connectivity index (χ0v) is 22.3. The first-order chi connectivity index (χ1) is 18.0. The lowest BCUT2D eigenvalue weighted by Gasteiger charge is -2.31. The van der Waals surface area contributed by atoms with Crippen LogP contribution in [0.2, 0.25) is 0 Å². The molecule has 1 atom stereocenters. The highest BCUT2D eigenvalue weighted by Crippen LogP contribution is 2.27. The van der Waals surface area contributed by atoms with Crippen LogP contribution in [0.4, 0.5) is 4.39 Å². The summed E-state index contributed by atoms with van der Waals surface area (Å²) < 4.78 is 19.6. The van der Waals surface area contributed by atoms with Gasteiger partial charge in [-0.15, -0.1) is 0 Å². The van der Waals surface area contributed by atoms with Crippen LogP contribution in [0.5, 0.6) is 0 Å². The van der Waals surface area contributed by atoms with Gasteiger partial charge in [0.1, 0.15) is 17.5 Å². The third kappa shape index (κ3) is 5.96. The second-order valence-electron chi connectivity index (χ2n) is 9.75. The summed E-state index contributed by atoms with van der Waals surface area (Å²) in [5.74, 6) is 2.36. The van der Waals surface area contributed by atoms with Crippen LogP contribution in [0.1, 0.15) is 37.3 Å². The van der Waals surface area contributed by atoms with E-state index in [4.69, 9.17) is 26.3 Å². The SMILES string of the molecule is Cc1cc(C2=CCC(N3CCN(C4=C(Cl)CC=CC=N4)CCC3C)=NC(N3CCOCC3)=N2)ccc1F. The molecule has 0 aliphatic carbocycles. The zero-order chi connectivity index (χ0) is 25.8. The summed E-state index contributed by atoms with van der Waals surface area (Å²) in [6, 6.07) is 5.47. The fourth-order valence-electron chi connectivity index (χ4n) is 5.02. The standard InChI is InChI=1S/C28H34ClFN6O/c1-20-19-22(6-7-24(20)30)25-8-9-26(33-28(32-25)35-15-17-37-18-16-35)36-14-13-34(12-10-21(36)2)27-23(29)5-3-4-11-31-27/h3-4,6-8,11,19,21H,5,9-10,12-18H2,1-2H3. The molecule has 37 heavy (non-hydrogen) atoms. The second kappa shape index (κ2) is 11.6. The second-order valence-corrected chi connectivity index (χ2v) is 10.2. The van der Waals surface area contributed by atoms with Gasteiger partial charge in [-0.2, -0.15) is 4.99 Å². The van der Waals surface area contributed by atoms with Crippen molar-refractivity contribution in [1.82, 2.24) is 14.7 Å². The van der Waals surface area contributed by atoms with Crippen LogP contribution >= 0.6 is 11.6 Å². The van der Waals surface area contributed by atoms with Gasteiger partial charge in [0.15, 0.2) is 0 Å². The van der Waals surface area contributed by atoms with E-state index >= 15 is 0 Å². The Bertz CT molecular complexity index is 1200. The molecule has 1 aromatic rings. The van der Waals surface area contributed by atoms with Crippen molar-refractivity contribution in [3.63, 3.8) is 0 Å². The van der Waals surface area contributed by atoms with E-state index in [9.17, 15) is 4.39 Å². The van der Waals surface area contributed by atoms with Gasteiger partial charge in [0.25, 0.3) is 0 Å². The molecule has 2 fully saturated rings. The highest BCUT2D eigenvalue weighted by atomic mass is 35.5. The Balaban J connectivity index is 1.43. The van der Waals surface area contributed by atoms with E-state index in [1.54, 1.807) is 13.0 Å². The number of allylic oxidation sites excluding steroid dienone is 3. The van der Waals surface area contributed by atoms with Gasteiger partial charge < -0.3 is 19.4 Å². The number of guanidine groups is 1. The van der Waals surface area contributed by atoms with Crippen LogP contribution in [0.25, 0.3) is 5.70 Å². The van der Waals surface area contributed by atoms with E-state index in [0.29, 0.717) is 43.6 Å². The fourth-order valence-corrected chi connectivity index (χ4v) is 5.27. The summed E-state index contributed by atoms with van der Waals surface area (Å²) in [6.07, 6.45) is 10.2. The monoisotopic (exact) mass is 524 g/mol. The largest absolute Gasteiger partial charge is 0.378 e.